The van der Waals surface area contributed by atoms with E-state index < -0.39 is 59.1 Å². The van der Waals surface area contributed by atoms with Crippen molar-refractivity contribution >= 4 is 29.3 Å². The van der Waals surface area contributed by atoms with Crippen LogP contribution in [-0.2, 0) is 10.7 Å². The van der Waals surface area contributed by atoms with E-state index in [2.05, 4.69) is 0 Å². The summed E-state index contributed by atoms with van der Waals surface area (Å²) in [7, 11) is -4.77. The van der Waals surface area contributed by atoms with E-state index in [4.69, 9.17) is 0 Å². The third-order valence-corrected chi connectivity index (χ3v) is 9.33. The summed E-state index contributed by atoms with van der Waals surface area (Å²) < 4.78 is 130. The van der Waals surface area contributed by atoms with Crippen molar-refractivity contribution in [3.8, 4) is 11.1 Å². The molecule has 0 saturated carbocycles. The van der Waals surface area contributed by atoms with E-state index in [0.29, 0.717) is 21.9 Å². The van der Waals surface area contributed by atoms with Gasteiger partial charge in [-0.15, -0.1) is 0 Å². The second-order valence-corrected chi connectivity index (χ2v) is 11.4. The first-order valence-corrected chi connectivity index (χ1v) is 12.7. The second kappa shape index (κ2) is 8.70. The lowest BCUT2D eigenvalue weighted by Gasteiger charge is -2.40. The molecule has 1 aliphatic rings. The van der Waals surface area contributed by atoms with E-state index in [1.54, 1.807) is 26.0 Å². The highest BCUT2D eigenvalue weighted by Crippen LogP contribution is 2.62. The molecule has 0 fully saturated rings. The number of halogens is 8. The smallest absolute Gasteiger partial charge is 0.289 e. The van der Waals surface area contributed by atoms with Gasteiger partial charge in [-0.3, -0.25) is 9.24 Å². The topological polar surface area (TPSA) is 20.3 Å². The summed E-state index contributed by atoms with van der Waals surface area (Å²) in [5.41, 5.74) is -1.77. The molecule has 196 valence electrons. The van der Waals surface area contributed by atoms with Crippen LogP contribution in [0.4, 0.5) is 46.5 Å². The zero-order chi connectivity index (χ0) is 27.7. The Hall–Kier alpha value is -3.65. The van der Waals surface area contributed by atoms with Gasteiger partial charge in [0.1, 0.15) is 5.69 Å². The van der Waals surface area contributed by atoms with Crippen LogP contribution in [0, 0.1) is 42.9 Å². The van der Waals surface area contributed by atoms with Crippen LogP contribution in [0.25, 0.3) is 11.1 Å². The Balaban J connectivity index is 2.01. The van der Waals surface area contributed by atoms with Crippen molar-refractivity contribution in [2.75, 3.05) is 4.67 Å². The number of fused-ring (bicyclic) bond motifs is 3. The van der Waals surface area contributed by atoms with Crippen molar-refractivity contribution in [2.24, 2.45) is 0 Å². The first kappa shape index (κ1) is 26.0. The summed E-state index contributed by atoms with van der Waals surface area (Å²) in [5.74, 6) is -11.5. The Morgan fingerprint density at radius 3 is 1.87 bits per heavy atom. The summed E-state index contributed by atoms with van der Waals surface area (Å²) >= 11 is 0. The molecule has 1 aliphatic heterocycles. The Bertz CT molecular complexity index is 1650. The fourth-order valence-electron chi connectivity index (χ4n) is 4.60. The van der Waals surface area contributed by atoms with Crippen LogP contribution in [0.2, 0.25) is 0 Å². The molecule has 0 bridgehead atoms. The van der Waals surface area contributed by atoms with Crippen LogP contribution in [-0.4, -0.2) is 0 Å². The third kappa shape index (κ3) is 3.73. The van der Waals surface area contributed by atoms with Gasteiger partial charge in [0.15, 0.2) is 23.3 Å². The molecule has 0 saturated heterocycles. The van der Waals surface area contributed by atoms with E-state index in [-0.39, 0.29) is 22.1 Å². The number of aryl methyl sites for hydroxylation is 2. The highest BCUT2D eigenvalue weighted by Gasteiger charge is 2.47. The summed E-state index contributed by atoms with van der Waals surface area (Å²) in [6, 6.07) is 12.4. The van der Waals surface area contributed by atoms with Crippen molar-refractivity contribution in [3.05, 3.63) is 106 Å². The normalized spacial score (nSPS) is 16.8. The quantitative estimate of drug-likeness (QED) is 0.108. The van der Waals surface area contributed by atoms with Crippen molar-refractivity contribution in [1.82, 2.24) is 0 Å². The highest BCUT2D eigenvalue weighted by atomic mass is 31.2. The lowest BCUT2D eigenvalue weighted by atomic mass is 9.99. The van der Waals surface area contributed by atoms with E-state index in [1.165, 1.54) is 30.3 Å². The maximum atomic E-state index is 15.3. The van der Waals surface area contributed by atoms with E-state index >= 15 is 13.3 Å². The van der Waals surface area contributed by atoms with E-state index in [0.717, 1.165) is 12.1 Å². The van der Waals surface area contributed by atoms with Crippen LogP contribution in [0.3, 0.4) is 0 Å². The molecular weight excluding hydrogens is 537 g/mol. The predicted octanol–water partition coefficient (Wildman–Crippen LogP) is 8.07. The number of hydrogen-bond donors (Lipinski definition) is 0. The minimum atomic E-state index is -4.88. The minimum Gasteiger partial charge on any atom is -0.289 e. The van der Waals surface area contributed by atoms with Gasteiger partial charge in [0.05, 0.1) is 11.3 Å². The van der Waals surface area contributed by atoms with Gasteiger partial charge >= 0.3 is 6.18 Å². The molecule has 1 heterocycles. The minimum absolute atomic E-state index is 0.0676. The molecule has 0 spiro atoms. The molecule has 4 aromatic carbocycles. The molecule has 0 aliphatic carbocycles. The highest BCUT2D eigenvalue weighted by molar-refractivity contribution is 7.80. The molecule has 4 aromatic rings. The lowest BCUT2D eigenvalue weighted by molar-refractivity contribution is -0.137. The van der Waals surface area contributed by atoms with Gasteiger partial charge < -0.3 is 0 Å². The van der Waals surface area contributed by atoms with Crippen molar-refractivity contribution in [3.63, 3.8) is 0 Å². The average Bonchev–Trinajstić information content (AvgIpc) is 2.87. The first-order chi connectivity index (χ1) is 17.8. The molecule has 0 N–H and O–H groups in total. The number of benzene rings is 4. The van der Waals surface area contributed by atoms with Crippen LogP contribution in [0.1, 0.15) is 16.7 Å². The third-order valence-electron chi connectivity index (χ3n) is 6.35. The molecule has 2 nitrogen and oxygen atoms in total. The van der Waals surface area contributed by atoms with Crippen LogP contribution in [0.5, 0.6) is 0 Å². The molecule has 0 radical (unpaired) electrons. The lowest BCUT2D eigenvalue weighted by Crippen LogP contribution is -2.35. The summed E-state index contributed by atoms with van der Waals surface area (Å²) in [5, 5.41) is -0.618. The molecule has 5 rings (SSSR count). The Kier molecular flexibility index (Phi) is 5.95. The molecular formula is C27H16F8NOP. The van der Waals surface area contributed by atoms with Crippen molar-refractivity contribution in [1.29, 1.82) is 0 Å². The zero-order valence-electron chi connectivity index (χ0n) is 19.6. The van der Waals surface area contributed by atoms with Gasteiger partial charge in [-0.05, 0) is 55.3 Å². The fraction of sp³-hybridized carbons (Fsp3) is 0.111. The molecule has 38 heavy (non-hydrogen) atoms. The Morgan fingerprint density at radius 2 is 1.26 bits per heavy atom. The second-order valence-electron chi connectivity index (χ2n) is 8.90. The van der Waals surface area contributed by atoms with Gasteiger partial charge in [0.25, 0.3) is 0 Å². The van der Waals surface area contributed by atoms with Gasteiger partial charge in [-0.25, -0.2) is 22.0 Å². The van der Waals surface area contributed by atoms with Gasteiger partial charge in [0.2, 0.25) is 13.1 Å². The van der Waals surface area contributed by atoms with Gasteiger partial charge in [-0.2, -0.15) is 13.2 Å². The van der Waals surface area contributed by atoms with Crippen molar-refractivity contribution < 1.29 is 39.7 Å². The summed E-state index contributed by atoms with van der Waals surface area (Å²) in [6.07, 6.45) is -4.88. The van der Waals surface area contributed by atoms with E-state index in [9.17, 15) is 26.3 Å². The van der Waals surface area contributed by atoms with Crippen LogP contribution >= 0.6 is 7.29 Å². The average molecular weight is 553 g/mol. The summed E-state index contributed by atoms with van der Waals surface area (Å²) in [4.78, 5) is 0. The predicted molar refractivity (Wildman–Crippen MR) is 128 cm³/mol. The monoisotopic (exact) mass is 553 g/mol. The number of rotatable bonds is 2. The SMILES string of the molecule is Cc1cccc(P2(=O)c3cc(C(F)(F)F)ccc3-c3ccc(C)cc3N2c2c(F)c(F)c(F)c(F)c2F)c1. The van der Waals surface area contributed by atoms with Crippen LogP contribution < -0.4 is 15.3 Å². The number of nitrogens with zero attached hydrogens (tertiary/aromatic N) is 1. The zero-order valence-corrected chi connectivity index (χ0v) is 20.5. The van der Waals surface area contributed by atoms with Crippen LogP contribution in [0.15, 0.2) is 60.7 Å². The fourth-order valence-corrected chi connectivity index (χ4v) is 7.76. The standard InChI is InChI=1S/C27H16F8NOP/c1-13-4-3-5-16(10-13)38(37)20-12-15(27(33,34)35)7-9-18(20)17-8-6-14(2)11-19(17)36(38)26-24(31)22(29)21(28)23(30)25(26)32/h3-12H,1-2H3. The maximum Gasteiger partial charge on any atom is 0.416 e. The van der Waals surface area contributed by atoms with Crippen molar-refractivity contribution in [2.45, 2.75) is 20.0 Å². The Labute approximate surface area is 211 Å². The van der Waals surface area contributed by atoms with Gasteiger partial charge in [0, 0.05) is 16.2 Å². The number of hydrogen-bond acceptors (Lipinski definition) is 1. The van der Waals surface area contributed by atoms with Gasteiger partial charge in [-0.1, -0.05) is 35.9 Å². The molecule has 0 amide bonds. The first-order valence-electron chi connectivity index (χ1n) is 11.1. The largest absolute Gasteiger partial charge is 0.416 e. The molecule has 1 unspecified atom stereocenters. The van der Waals surface area contributed by atoms with E-state index in [1.807, 2.05) is 0 Å². The Morgan fingerprint density at radius 1 is 0.684 bits per heavy atom. The number of anilines is 2. The molecule has 0 aromatic heterocycles. The summed E-state index contributed by atoms with van der Waals surface area (Å²) in [6.45, 7) is 3.17. The molecule has 11 heteroatoms. The maximum absolute atomic E-state index is 15.3. The number of alkyl halides is 3. The molecule has 1 atom stereocenters.